The minimum Gasteiger partial charge on any atom is -0.356 e. The van der Waals surface area contributed by atoms with Crippen molar-refractivity contribution < 1.29 is 0 Å². The summed E-state index contributed by atoms with van der Waals surface area (Å²) in [5.74, 6) is 1.66. The predicted octanol–water partition coefficient (Wildman–Crippen LogP) is 1.53. The van der Waals surface area contributed by atoms with Gasteiger partial charge in [-0.15, -0.1) is 0 Å². The van der Waals surface area contributed by atoms with E-state index in [1.54, 1.807) is 36.4 Å². The fourth-order valence-corrected chi connectivity index (χ4v) is 3.67. The summed E-state index contributed by atoms with van der Waals surface area (Å²) < 4.78 is 1.64. The quantitative estimate of drug-likeness (QED) is 0.696. The van der Waals surface area contributed by atoms with Crippen molar-refractivity contribution in [1.29, 1.82) is 0 Å². The molecule has 8 nitrogen and oxygen atoms in total. The number of nitrogens with zero attached hydrogens (tertiary/aromatic N) is 7. The number of hydrogen-bond acceptors (Lipinski definition) is 7. The molecule has 8 heteroatoms. The molecule has 0 bridgehead atoms. The summed E-state index contributed by atoms with van der Waals surface area (Å²) in [5.41, 5.74) is 1.58. The second-order valence-electron chi connectivity index (χ2n) is 7.02. The number of pyridine rings is 1. The Morgan fingerprint density at radius 3 is 2.74 bits per heavy atom. The Balaban J connectivity index is 1.53. The van der Waals surface area contributed by atoms with Crippen molar-refractivity contribution in [3.05, 3.63) is 46.9 Å². The maximum atomic E-state index is 12.6. The number of aryl methyl sites for hydroxylation is 1. The van der Waals surface area contributed by atoms with Crippen LogP contribution in [-0.4, -0.2) is 50.7 Å². The molecule has 1 saturated heterocycles. The van der Waals surface area contributed by atoms with E-state index < -0.39 is 0 Å². The molecule has 1 aliphatic rings. The predicted molar refractivity (Wildman–Crippen MR) is 105 cm³/mol. The molecule has 0 spiro atoms. The van der Waals surface area contributed by atoms with Crippen LogP contribution in [0, 0.1) is 6.92 Å². The maximum Gasteiger partial charge on any atom is 0.262 e. The number of hydrogen-bond donors (Lipinski definition) is 0. The summed E-state index contributed by atoms with van der Waals surface area (Å²) in [4.78, 5) is 34.4. The van der Waals surface area contributed by atoms with Crippen LogP contribution >= 0.6 is 0 Å². The van der Waals surface area contributed by atoms with E-state index in [4.69, 9.17) is 4.98 Å². The summed E-state index contributed by atoms with van der Waals surface area (Å²) in [6, 6.07) is 4.13. The zero-order valence-electron chi connectivity index (χ0n) is 15.8. The van der Waals surface area contributed by atoms with Crippen LogP contribution in [0.3, 0.4) is 0 Å². The highest BCUT2D eigenvalue weighted by Crippen LogP contribution is 2.23. The van der Waals surface area contributed by atoms with Gasteiger partial charge in [0.1, 0.15) is 12.1 Å². The number of piperidine rings is 1. The van der Waals surface area contributed by atoms with Crippen LogP contribution in [0.25, 0.3) is 10.9 Å². The average molecular weight is 365 g/mol. The van der Waals surface area contributed by atoms with Gasteiger partial charge in [0.2, 0.25) is 5.95 Å². The van der Waals surface area contributed by atoms with E-state index in [0.717, 1.165) is 37.4 Å². The van der Waals surface area contributed by atoms with Crippen LogP contribution in [0.15, 0.2) is 35.6 Å². The van der Waals surface area contributed by atoms with Gasteiger partial charge in [0.15, 0.2) is 0 Å². The Labute approximate surface area is 157 Å². The SMILES string of the molecule is Cc1cc(N(C)C2CCN(c3nc4cnccc4c(=O)n3C)CC2)ncn1. The normalized spacial score (nSPS) is 15.3. The largest absolute Gasteiger partial charge is 0.356 e. The van der Waals surface area contributed by atoms with Crippen LogP contribution < -0.4 is 15.4 Å². The molecule has 0 N–H and O–H groups in total. The average Bonchev–Trinajstić information content (AvgIpc) is 2.70. The number of anilines is 2. The topological polar surface area (TPSA) is 80.0 Å². The number of fused-ring (bicyclic) bond motifs is 1. The minimum atomic E-state index is -0.0342. The Morgan fingerprint density at radius 1 is 1.22 bits per heavy atom. The molecule has 1 fully saturated rings. The van der Waals surface area contributed by atoms with Crippen molar-refractivity contribution in [2.45, 2.75) is 25.8 Å². The smallest absolute Gasteiger partial charge is 0.262 e. The molecule has 3 aromatic heterocycles. The van der Waals surface area contributed by atoms with E-state index in [9.17, 15) is 4.79 Å². The van der Waals surface area contributed by atoms with E-state index in [0.29, 0.717) is 22.9 Å². The summed E-state index contributed by atoms with van der Waals surface area (Å²) in [6.07, 6.45) is 6.83. The summed E-state index contributed by atoms with van der Waals surface area (Å²) in [5, 5.41) is 0.602. The van der Waals surface area contributed by atoms with Gasteiger partial charge in [-0.05, 0) is 25.8 Å². The fraction of sp³-hybridized carbons (Fsp3) is 0.421. The lowest BCUT2D eigenvalue weighted by molar-refractivity contribution is 0.471. The first-order valence-corrected chi connectivity index (χ1v) is 9.12. The molecule has 0 aliphatic carbocycles. The highest BCUT2D eigenvalue weighted by molar-refractivity contribution is 5.77. The van der Waals surface area contributed by atoms with Crippen LogP contribution in [0.1, 0.15) is 18.5 Å². The second kappa shape index (κ2) is 6.94. The third-order valence-corrected chi connectivity index (χ3v) is 5.30. The minimum absolute atomic E-state index is 0.0342. The molecular formula is C19H23N7O. The second-order valence-corrected chi connectivity index (χ2v) is 7.02. The van der Waals surface area contributed by atoms with Crippen LogP contribution in [-0.2, 0) is 7.05 Å². The van der Waals surface area contributed by atoms with Crippen molar-refractivity contribution >= 4 is 22.7 Å². The van der Waals surface area contributed by atoms with Gasteiger partial charge in [0.25, 0.3) is 5.56 Å². The molecule has 0 amide bonds. The molecule has 140 valence electrons. The molecule has 4 rings (SSSR count). The summed E-state index contributed by atoms with van der Waals surface area (Å²) in [7, 11) is 3.87. The fourth-order valence-electron chi connectivity index (χ4n) is 3.67. The molecule has 4 heterocycles. The van der Waals surface area contributed by atoms with Crippen molar-refractivity contribution in [3.8, 4) is 0 Å². The van der Waals surface area contributed by atoms with Gasteiger partial charge in [0.05, 0.1) is 17.1 Å². The van der Waals surface area contributed by atoms with Crippen LogP contribution in [0.4, 0.5) is 11.8 Å². The molecular weight excluding hydrogens is 342 g/mol. The van der Waals surface area contributed by atoms with Crippen molar-refractivity contribution in [2.24, 2.45) is 7.05 Å². The lowest BCUT2D eigenvalue weighted by Crippen LogP contribution is -2.45. The highest BCUT2D eigenvalue weighted by Gasteiger charge is 2.25. The number of rotatable bonds is 3. The first kappa shape index (κ1) is 17.4. The number of aromatic nitrogens is 5. The molecule has 1 aliphatic heterocycles. The lowest BCUT2D eigenvalue weighted by atomic mass is 10.0. The van der Waals surface area contributed by atoms with Gasteiger partial charge >= 0.3 is 0 Å². The van der Waals surface area contributed by atoms with Crippen LogP contribution in [0.2, 0.25) is 0 Å². The Bertz CT molecular complexity index is 1020. The van der Waals surface area contributed by atoms with Gasteiger partial charge in [-0.1, -0.05) is 0 Å². The maximum absolute atomic E-state index is 12.6. The van der Waals surface area contributed by atoms with Gasteiger partial charge in [-0.3, -0.25) is 14.3 Å². The molecule has 0 radical (unpaired) electrons. The van der Waals surface area contributed by atoms with E-state index >= 15 is 0 Å². The Kier molecular flexibility index (Phi) is 4.47. The van der Waals surface area contributed by atoms with E-state index in [1.165, 1.54) is 0 Å². The zero-order chi connectivity index (χ0) is 19.0. The van der Waals surface area contributed by atoms with Crippen LogP contribution in [0.5, 0.6) is 0 Å². The van der Waals surface area contributed by atoms with E-state index in [1.807, 2.05) is 13.0 Å². The van der Waals surface area contributed by atoms with Gasteiger partial charge < -0.3 is 9.80 Å². The first-order chi connectivity index (χ1) is 13.0. The van der Waals surface area contributed by atoms with Gasteiger partial charge in [-0.25, -0.2) is 15.0 Å². The standard InChI is InChI=1S/C19H23N7O/c1-13-10-17(22-12-21-13)24(2)14-5-8-26(9-6-14)19-23-16-11-20-7-4-15(16)18(27)25(19)3/h4,7,10-12,14H,5-6,8-9H2,1-3H3. The molecule has 0 saturated carbocycles. The summed E-state index contributed by atoms with van der Waals surface area (Å²) >= 11 is 0. The molecule has 27 heavy (non-hydrogen) atoms. The Morgan fingerprint density at radius 2 is 2.00 bits per heavy atom. The molecule has 0 unspecified atom stereocenters. The van der Waals surface area contributed by atoms with E-state index in [2.05, 4.69) is 31.8 Å². The van der Waals surface area contributed by atoms with Crippen molar-refractivity contribution in [3.63, 3.8) is 0 Å². The van der Waals surface area contributed by atoms with Crippen molar-refractivity contribution in [1.82, 2.24) is 24.5 Å². The zero-order valence-corrected chi connectivity index (χ0v) is 15.8. The molecule has 0 atom stereocenters. The van der Waals surface area contributed by atoms with E-state index in [-0.39, 0.29) is 5.56 Å². The lowest BCUT2D eigenvalue weighted by Gasteiger charge is -2.38. The summed E-state index contributed by atoms with van der Waals surface area (Å²) in [6.45, 7) is 3.65. The first-order valence-electron chi connectivity index (χ1n) is 9.12. The molecule has 3 aromatic rings. The van der Waals surface area contributed by atoms with Gasteiger partial charge in [0, 0.05) is 51.2 Å². The van der Waals surface area contributed by atoms with Crippen molar-refractivity contribution in [2.75, 3.05) is 29.9 Å². The monoisotopic (exact) mass is 365 g/mol. The molecule has 0 aromatic carbocycles. The highest BCUT2D eigenvalue weighted by atomic mass is 16.1. The third-order valence-electron chi connectivity index (χ3n) is 5.30. The van der Waals surface area contributed by atoms with Gasteiger partial charge in [-0.2, -0.15) is 0 Å². The Hall–Kier alpha value is -3.03. The third kappa shape index (κ3) is 3.22.